The van der Waals surface area contributed by atoms with Crippen molar-refractivity contribution in [1.82, 2.24) is 9.97 Å². The third-order valence-electron chi connectivity index (χ3n) is 10.5. The van der Waals surface area contributed by atoms with Gasteiger partial charge in [0.05, 0.1) is 11.2 Å². The second-order valence-corrected chi connectivity index (χ2v) is 13.8. The Hall–Kier alpha value is -7.16. The lowest BCUT2D eigenvalue weighted by molar-refractivity contribution is 1.23. The minimum atomic E-state index is 0.709. The van der Waals surface area contributed by atoms with Crippen molar-refractivity contribution in [3.8, 4) is 67.2 Å². The normalized spacial score (nSPS) is 11.3. The predicted molar refractivity (Wildman–Crippen MR) is 227 cm³/mol. The Kier molecular flexibility index (Phi) is 7.85. The van der Waals surface area contributed by atoms with Gasteiger partial charge in [0, 0.05) is 16.5 Å². The minimum absolute atomic E-state index is 0.709. The lowest BCUT2D eigenvalue weighted by Gasteiger charge is -2.14. The first-order valence-electron chi connectivity index (χ1n) is 18.4. The van der Waals surface area contributed by atoms with Crippen molar-refractivity contribution in [2.45, 2.75) is 0 Å². The molecule has 0 unspecified atom stereocenters. The fourth-order valence-corrected chi connectivity index (χ4v) is 7.75. The summed E-state index contributed by atoms with van der Waals surface area (Å²) in [5.74, 6) is 0.709. The van der Waals surface area contributed by atoms with Crippen LogP contribution in [-0.4, -0.2) is 9.97 Å². The average Bonchev–Trinajstić information content (AvgIpc) is 3.26. The summed E-state index contributed by atoms with van der Waals surface area (Å²) in [6.45, 7) is 0. The molecule has 0 spiro atoms. The van der Waals surface area contributed by atoms with Gasteiger partial charge in [0.15, 0.2) is 5.82 Å². The van der Waals surface area contributed by atoms with Gasteiger partial charge in [-0.3, -0.25) is 0 Å². The highest BCUT2D eigenvalue weighted by atomic mass is 14.9. The molecule has 0 saturated heterocycles. The summed E-state index contributed by atoms with van der Waals surface area (Å²) in [5, 5.41) is 5.89. The molecule has 2 heteroatoms. The van der Waals surface area contributed by atoms with Crippen molar-refractivity contribution in [3.05, 3.63) is 206 Å². The standard InChI is InChI=1S/C52H34N2/c1-2-12-35(13-3-1)40-17-8-19-42(32-40)43-20-10-22-45(34-43)51-50-48-24-7-5-15-38(48)30-31-49(50)53-52(54-51)39-28-26-36(27-29-39)41-18-9-21-44(33-41)47-25-11-16-37-14-4-6-23-46(37)47/h1-34H. The van der Waals surface area contributed by atoms with Gasteiger partial charge in [0.1, 0.15) is 0 Å². The van der Waals surface area contributed by atoms with E-state index in [1.54, 1.807) is 0 Å². The number of hydrogen-bond acceptors (Lipinski definition) is 2. The molecule has 0 N–H and O–H groups in total. The van der Waals surface area contributed by atoms with Gasteiger partial charge in [-0.2, -0.15) is 0 Å². The number of nitrogens with zero attached hydrogens (tertiary/aromatic N) is 2. The zero-order chi connectivity index (χ0) is 35.8. The summed E-state index contributed by atoms with van der Waals surface area (Å²) < 4.78 is 0. The van der Waals surface area contributed by atoms with Gasteiger partial charge >= 0.3 is 0 Å². The largest absolute Gasteiger partial charge is 0.228 e. The van der Waals surface area contributed by atoms with Gasteiger partial charge in [0.2, 0.25) is 0 Å². The fraction of sp³-hybridized carbons (Fsp3) is 0. The molecule has 54 heavy (non-hydrogen) atoms. The van der Waals surface area contributed by atoms with Crippen molar-refractivity contribution in [3.63, 3.8) is 0 Å². The van der Waals surface area contributed by atoms with Crippen LogP contribution < -0.4 is 0 Å². The topological polar surface area (TPSA) is 25.8 Å². The van der Waals surface area contributed by atoms with Crippen molar-refractivity contribution in [2.75, 3.05) is 0 Å². The van der Waals surface area contributed by atoms with Crippen LogP contribution in [0.4, 0.5) is 0 Å². The van der Waals surface area contributed by atoms with E-state index < -0.39 is 0 Å². The first-order valence-corrected chi connectivity index (χ1v) is 18.4. The molecule has 0 saturated carbocycles. The summed E-state index contributed by atoms with van der Waals surface area (Å²) in [6.07, 6.45) is 0. The molecular formula is C52H34N2. The first-order chi connectivity index (χ1) is 26.7. The molecule has 9 aromatic carbocycles. The highest BCUT2D eigenvalue weighted by Crippen LogP contribution is 2.37. The Labute approximate surface area is 314 Å². The summed E-state index contributed by atoms with van der Waals surface area (Å²) in [6, 6.07) is 73.5. The van der Waals surface area contributed by atoms with Gasteiger partial charge in [-0.25, -0.2) is 9.97 Å². The molecule has 0 amide bonds. The second-order valence-electron chi connectivity index (χ2n) is 13.8. The Bertz CT molecular complexity index is 2980. The third kappa shape index (κ3) is 5.81. The molecule has 252 valence electrons. The molecule has 1 heterocycles. The highest BCUT2D eigenvalue weighted by molar-refractivity contribution is 6.12. The molecule has 0 radical (unpaired) electrons. The summed E-state index contributed by atoms with van der Waals surface area (Å²) >= 11 is 0. The number of fused-ring (bicyclic) bond motifs is 4. The Balaban J connectivity index is 1.06. The van der Waals surface area contributed by atoms with Gasteiger partial charge in [-0.15, -0.1) is 0 Å². The van der Waals surface area contributed by atoms with E-state index in [4.69, 9.17) is 9.97 Å². The molecule has 0 fully saturated rings. The third-order valence-corrected chi connectivity index (χ3v) is 10.5. The summed E-state index contributed by atoms with van der Waals surface area (Å²) in [5.41, 5.74) is 13.4. The van der Waals surface area contributed by atoms with Crippen LogP contribution in [0.15, 0.2) is 206 Å². The van der Waals surface area contributed by atoms with E-state index in [0.717, 1.165) is 44.2 Å². The van der Waals surface area contributed by atoms with Crippen molar-refractivity contribution in [2.24, 2.45) is 0 Å². The van der Waals surface area contributed by atoms with Crippen molar-refractivity contribution in [1.29, 1.82) is 0 Å². The van der Waals surface area contributed by atoms with E-state index in [9.17, 15) is 0 Å². The SMILES string of the molecule is c1ccc(-c2cccc(-c3cccc(-c4nc(-c5ccc(-c6cccc(-c7cccc8ccccc78)c6)cc5)nc5ccc6ccccc6c45)c3)c2)cc1. The Morgan fingerprint density at radius 2 is 0.759 bits per heavy atom. The number of hydrogen-bond donors (Lipinski definition) is 0. The maximum Gasteiger partial charge on any atom is 0.160 e. The van der Waals surface area contributed by atoms with Crippen LogP contribution in [0.5, 0.6) is 0 Å². The monoisotopic (exact) mass is 686 g/mol. The predicted octanol–water partition coefficient (Wildman–Crippen LogP) is 13.9. The highest BCUT2D eigenvalue weighted by Gasteiger charge is 2.16. The summed E-state index contributed by atoms with van der Waals surface area (Å²) in [7, 11) is 0. The lowest BCUT2D eigenvalue weighted by Crippen LogP contribution is -1.96. The zero-order valence-corrected chi connectivity index (χ0v) is 29.5. The quantitative estimate of drug-likeness (QED) is 0.163. The molecule has 0 aliphatic heterocycles. The smallest absolute Gasteiger partial charge is 0.160 e. The van der Waals surface area contributed by atoms with Crippen molar-refractivity contribution >= 4 is 32.4 Å². The van der Waals surface area contributed by atoms with Crippen LogP contribution >= 0.6 is 0 Å². The van der Waals surface area contributed by atoms with Gasteiger partial charge in [-0.1, -0.05) is 182 Å². The van der Waals surface area contributed by atoms with Crippen LogP contribution in [0.2, 0.25) is 0 Å². The number of aromatic nitrogens is 2. The van der Waals surface area contributed by atoms with Crippen LogP contribution in [0.3, 0.4) is 0 Å². The maximum atomic E-state index is 5.37. The van der Waals surface area contributed by atoms with E-state index in [-0.39, 0.29) is 0 Å². The van der Waals surface area contributed by atoms with Gasteiger partial charge in [-0.05, 0) is 90.3 Å². The molecule has 0 bridgehead atoms. The lowest BCUT2D eigenvalue weighted by atomic mass is 9.94. The zero-order valence-electron chi connectivity index (χ0n) is 29.5. The molecule has 0 aliphatic carbocycles. The minimum Gasteiger partial charge on any atom is -0.228 e. The molecule has 10 aromatic rings. The van der Waals surface area contributed by atoms with Crippen LogP contribution in [-0.2, 0) is 0 Å². The van der Waals surface area contributed by atoms with E-state index >= 15 is 0 Å². The molecule has 0 atom stereocenters. The molecule has 1 aromatic heterocycles. The van der Waals surface area contributed by atoms with E-state index in [1.807, 2.05) is 0 Å². The fourth-order valence-electron chi connectivity index (χ4n) is 7.75. The van der Waals surface area contributed by atoms with Crippen LogP contribution in [0.1, 0.15) is 0 Å². The summed E-state index contributed by atoms with van der Waals surface area (Å²) in [4.78, 5) is 10.5. The second kappa shape index (κ2) is 13.4. The van der Waals surface area contributed by atoms with Crippen LogP contribution in [0, 0.1) is 0 Å². The van der Waals surface area contributed by atoms with E-state index in [1.165, 1.54) is 49.5 Å². The number of benzene rings is 9. The molecule has 2 nitrogen and oxygen atoms in total. The maximum absolute atomic E-state index is 5.37. The van der Waals surface area contributed by atoms with Crippen LogP contribution in [0.25, 0.3) is 99.6 Å². The number of rotatable bonds is 6. The Morgan fingerprint density at radius 3 is 1.50 bits per heavy atom. The van der Waals surface area contributed by atoms with Crippen molar-refractivity contribution < 1.29 is 0 Å². The first kappa shape index (κ1) is 31.6. The van der Waals surface area contributed by atoms with Gasteiger partial charge < -0.3 is 0 Å². The molecule has 10 rings (SSSR count). The Morgan fingerprint density at radius 1 is 0.278 bits per heavy atom. The average molecular weight is 687 g/mol. The molecule has 0 aliphatic rings. The van der Waals surface area contributed by atoms with E-state index in [0.29, 0.717) is 5.82 Å². The van der Waals surface area contributed by atoms with Gasteiger partial charge in [0.25, 0.3) is 0 Å². The van der Waals surface area contributed by atoms with E-state index in [2.05, 4.69) is 206 Å². The molecular weight excluding hydrogens is 653 g/mol.